The Kier molecular flexibility index (Phi) is 6.69. The van der Waals surface area contributed by atoms with E-state index in [-0.39, 0.29) is 5.16 Å². The van der Waals surface area contributed by atoms with Gasteiger partial charge in [-0.25, -0.2) is 18.4 Å². The average Bonchev–Trinajstić information content (AvgIpc) is 3.18. The average molecular weight is 407 g/mol. The van der Waals surface area contributed by atoms with Crippen LogP contribution in [0, 0.1) is 0 Å². The molecule has 2 heterocycles. The number of methoxy groups -OCH3 is 1. The highest BCUT2D eigenvalue weighted by molar-refractivity contribution is 7.90. The first-order chi connectivity index (χ1) is 13.5. The van der Waals surface area contributed by atoms with Crippen LogP contribution >= 0.6 is 0 Å². The smallest absolute Gasteiger partial charge is 0.248 e. The van der Waals surface area contributed by atoms with Crippen molar-refractivity contribution in [1.82, 2.24) is 14.9 Å². The van der Waals surface area contributed by atoms with Crippen molar-refractivity contribution in [2.24, 2.45) is 0 Å². The van der Waals surface area contributed by atoms with Gasteiger partial charge >= 0.3 is 0 Å². The fourth-order valence-corrected chi connectivity index (χ4v) is 3.60. The molecule has 0 spiro atoms. The minimum absolute atomic E-state index is 0.218. The molecule has 0 unspecified atom stereocenters. The summed E-state index contributed by atoms with van der Waals surface area (Å²) in [7, 11) is -1.87. The summed E-state index contributed by atoms with van der Waals surface area (Å²) in [6.45, 7) is 3.99. The van der Waals surface area contributed by atoms with E-state index in [4.69, 9.17) is 9.47 Å². The molecule has 0 radical (unpaired) electrons. The molecule has 8 nitrogen and oxygen atoms in total. The van der Waals surface area contributed by atoms with E-state index in [0.717, 1.165) is 19.2 Å². The molecule has 1 aromatic carbocycles. The summed E-state index contributed by atoms with van der Waals surface area (Å²) in [4.78, 5) is 10.3. The second-order valence-electron chi connectivity index (χ2n) is 6.74. The molecule has 1 fully saturated rings. The summed E-state index contributed by atoms with van der Waals surface area (Å²) in [6.07, 6.45) is 6.00. The van der Waals surface area contributed by atoms with E-state index in [1.165, 1.54) is 32.1 Å². The second kappa shape index (κ2) is 9.20. The number of ether oxygens (including phenoxy) is 2. The van der Waals surface area contributed by atoms with Gasteiger partial charge in [0.05, 0.1) is 13.7 Å². The molecule has 2 aromatic rings. The van der Waals surface area contributed by atoms with Crippen LogP contribution in [0.1, 0.15) is 19.3 Å². The lowest BCUT2D eigenvalue weighted by Gasteiger charge is -2.16. The first-order valence-electron chi connectivity index (χ1n) is 9.29. The van der Waals surface area contributed by atoms with Crippen molar-refractivity contribution >= 4 is 21.3 Å². The maximum absolute atomic E-state index is 11.6. The van der Waals surface area contributed by atoms with Gasteiger partial charge in [-0.2, -0.15) is 0 Å². The number of rotatable bonds is 9. The minimum atomic E-state index is -3.47. The molecule has 3 rings (SSSR count). The van der Waals surface area contributed by atoms with E-state index < -0.39 is 9.84 Å². The number of benzene rings is 1. The Morgan fingerprint density at radius 3 is 2.68 bits per heavy atom. The molecule has 9 heteroatoms. The maximum atomic E-state index is 11.6. The quantitative estimate of drug-likeness (QED) is 0.501. The number of anilines is 2. The number of nitrogens with one attached hydrogen (secondary N) is 1. The van der Waals surface area contributed by atoms with E-state index >= 15 is 0 Å². The first-order valence-corrected chi connectivity index (χ1v) is 11.2. The van der Waals surface area contributed by atoms with Gasteiger partial charge in [-0.1, -0.05) is 0 Å². The van der Waals surface area contributed by atoms with Crippen LogP contribution in [0.5, 0.6) is 11.5 Å². The number of sulfone groups is 1. The highest BCUT2D eigenvalue weighted by Crippen LogP contribution is 2.31. The summed E-state index contributed by atoms with van der Waals surface area (Å²) in [5.41, 5.74) is 0.716. The van der Waals surface area contributed by atoms with Crippen molar-refractivity contribution in [1.29, 1.82) is 0 Å². The highest BCUT2D eigenvalue weighted by Gasteiger charge is 2.13. The fraction of sp³-hybridized carbons (Fsp3) is 0.474. The van der Waals surface area contributed by atoms with Crippen molar-refractivity contribution in [2.45, 2.75) is 24.4 Å². The molecule has 1 N–H and O–H groups in total. The molecule has 0 bridgehead atoms. The van der Waals surface area contributed by atoms with Crippen molar-refractivity contribution in [3.05, 3.63) is 30.5 Å². The number of hydrogen-bond acceptors (Lipinski definition) is 8. The van der Waals surface area contributed by atoms with E-state index in [2.05, 4.69) is 20.2 Å². The first kappa shape index (κ1) is 20.3. The number of aromatic nitrogens is 2. The molecule has 1 saturated heterocycles. The minimum Gasteiger partial charge on any atom is -0.493 e. The maximum Gasteiger partial charge on any atom is 0.248 e. The van der Waals surface area contributed by atoms with Crippen LogP contribution in [-0.4, -0.2) is 62.9 Å². The number of hydrogen-bond donors (Lipinski definition) is 1. The van der Waals surface area contributed by atoms with Crippen LogP contribution in [0.4, 0.5) is 11.5 Å². The zero-order valence-electron chi connectivity index (χ0n) is 16.2. The van der Waals surface area contributed by atoms with Gasteiger partial charge in [-0.15, -0.1) is 0 Å². The van der Waals surface area contributed by atoms with Gasteiger partial charge in [0.25, 0.3) is 0 Å². The van der Waals surface area contributed by atoms with E-state index in [0.29, 0.717) is 29.6 Å². The molecule has 0 amide bonds. The van der Waals surface area contributed by atoms with Crippen molar-refractivity contribution in [2.75, 3.05) is 44.9 Å². The Morgan fingerprint density at radius 1 is 1.18 bits per heavy atom. The molecule has 0 saturated carbocycles. The van der Waals surface area contributed by atoms with Crippen LogP contribution < -0.4 is 14.8 Å². The van der Waals surface area contributed by atoms with Gasteiger partial charge in [0.2, 0.25) is 15.0 Å². The Labute approximate surface area is 165 Å². The van der Waals surface area contributed by atoms with Crippen LogP contribution in [0.25, 0.3) is 0 Å². The molecule has 0 aliphatic carbocycles. The van der Waals surface area contributed by atoms with Crippen LogP contribution in [0.15, 0.2) is 35.6 Å². The Morgan fingerprint density at radius 2 is 1.96 bits per heavy atom. The third-order valence-corrected chi connectivity index (χ3v) is 5.34. The zero-order valence-corrected chi connectivity index (χ0v) is 17.0. The van der Waals surface area contributed by atoms with E-state index in [1.807, 2.05) is 12.1 Å². The number of likely N-dealkylation sites (tertiary alicyclic amines) is 1. The lowest BCUT2D eigenvalue weighted by Crippen LogP contribution is -2.21. The Balaban J connectivity index is 1.64. The summed E-state index contributed by atoms with van der Waals surface area (Å²) in [5.74, 6) is 1.66. The molecular formula is C19H26N4O4S. The predicted octanol–water partition coefficient (Wildman–Crippen LogP) is 2.50. The van der Waals surface area contributed by atoms with Crippen LogP contribution in [-0.2, 0) is 9.84 Å². The number of nitrogens with zero attached hydrogens (tertiary/aromatic N) is 3. The fourth-order valence-electron chi connectivity index (χ4n) is 3.08. The molecular weight excluding hydrogens is 380 g/mol. The SMILES string of the molecule is COc1ccc(Nc2ccnc(S(C)(=O)=O)n2)cc1OCCCN1CCCC1. The summed E-state index contributed by atoms with van der Waals surface area (Å²) < 4.78 is 34.5. The standard InChI is InChI=1S/C19H26N4O4S/c1-26-16-7-6-15(21-18-8-9-20-19(22-18)28(2,24)25)14-17(16)27-13-5-12-23-10-3-4-11-23/h6-9,14H,3-5,10-13H2,1-2H3,(H,20,21,22). The molecule has 152 valence electrons. The summed E-state index contributed by atoms with van der Waals surface area (Å²) >= 11 is 0. The van der Waals surface area contributed by atoms with Crippen LogP contribution in [0.2, 0.25) is 0 Å². The van der Waals surface area contributed by atoms with Crippen molar-refractivity contribution in [3.8, 4) is 11.5 Å². The Bertz CT molecular complexity index is 899. The molecule has 28 heavy (non-hydrogen) atoms. The van der Waals surface area contributed by atoms with E-state index in [1.54, 1.807) is 19.2 Å². The Hall–Kier alpha value is -2.39. The van der Waals surface area contributed by atoms with Gasteiger partial charge in [0.1, 0.15) is 5.82 Å². The third kappa shape index (κ3) is 5.56. The second-order valence-corrected chi connectivity index (χ2v) is 8.65. The lowest BCUT2D eigenvalue weighted by molar-refractivity contribution is 0.254. The predicted molar refractivity (Wildman–Crippen MR) is 107 cm³/mol. The van der Waals surface area contributed by atoms with Gasteiger partial charge in [0, 0.05) is 30.8 Å². The van der Waals surface area contributed by atoms with Crippen molar-refractivity contribution in [3.63, 3.8) is 0 Å². The summed E-state index contributed by atoms with van der Waals surface area (Å²) in [6, 6.07) is 7.04. The molecule has 0 atom stereocenters. The molecule has 1 aliphatic heterocycles. The summed E-state index contributed by atoms with van der Waals surface area (Å²) in [5, 5.41) is 2.87. The molecule has 1 aliphatic rings. The van der Waals surface area contributed by atoms with Gasteiger partial charge in [-0.3, -0.25) is 0 Å². The van der Waals surface area contributed by atoms with Crippen LogP contribution in [0.3, 0.4) is 0 Å². The monoisotopic (exact) mass is 406 g/mol. The van der Waals surface area contributed by atoms with Gasteiger partial charge in [0.15, 0.2) is 11.5 Å². The third-order valence-electron chi connectivity index (χ3n) is 4.48. The molecule has 1 aromatic heterocycles. The zero-order chi connectivity index (χ0) is 20.0. The topological polar surface area (TPSA) is 93.6 Å². The van der Waals surface area contributed by atoms with Crippen molar-refractivity contribution < 1.29 is 17.9 Å². The highest BCUT2D eigenvalue weighted by atomic mass is 32.2. The lowest BCUT2D eigenvalue weighted by atomic mass is 10.2. The van der Waals surface area contributed by atoms with Gasteiger partial charge in [-0.05, 0) is 50.6 Å². The van der Waals surface area contributed by atoms with Gasteiger partial charge < -0.3 is 19.7 Å². The largest absolute Gasteiger partial charge is 0.493 e. The van der Waals surface area contributed by atoms with E-state index in [9.17, 15) is 8.42 Å². The normalized spacial score (nSPS) is 14.8.